The van der Waals surface area contributed by atoms with Crippen molar-refractivity contribution in [1.29, 1.82) is 0 Å². The van der Waals surface area contributed by atoms with Gasteiger partial charge in [-0.3, -0.25) is 0 Å². The molecule has 0 bridgehead atoms. The average Bonchev–Trinajstić information content (AvgIpc) is 2.34. The summed E-state index contributed by atoms with van der Waals surface area (Å²) < 4.78 is 0.877. The lowest BCUT2D eigenvalue weighted by atomic mass is 9.83. The highest BCUT2D eigenvalue weighted by molar-refractivity contribution is 9.10. The van der Waals surface area contributed by atoms with Gasteiger partial charge < -0.3 is 5.32 Å². The van der Waals surface area contributed by atoms with Crippen molar-refractivity contribution in [3.63, 3.8) is 0 Å². The van der Waals surface area contributed by atoms with Crippen molar-refractivity contribution in [2.45, 2.75) is 45.1 Å². The van der Waals surface area contributed by atoms with Crippen LogP contribution in [-0.2, 0) is 0 Å². The number of aromatic nitrogens is 2. The number of hydrogen-bond donors (Lipinski definition) is 1. The zero-order chi connectivity index (χ0) is 12.3. The second-order valence-corrected chi connectivity index (χ2v) is 5.73. The summed E-state index contributed by atoms with van der Waals surface area (Å²) in [7, 11) is 0. The van der Waals surface area contributed by atoms with Crippen LogP contribution in [0.5, 0.6) is 0 Å². The summed E-state index contributed by atoms with van der Waals surface area (Å²) >= 11 is 9.27. The van der Waals surface area contributed by atoms with E-state index in [9.17, 15) is 0 Å². The van der Waals surface area contributed by atoms with E-state index < -0.39 is 0 Å². The van der Waals surface area contributed by atoms with Crippen LogP contribution in [0.4, 0.5) is 5.82 Å². The maximum atomic E-state index is 5.82. The van der Waals surface area contributed by atoms with E-state index in [1.807, 2.05) is 0 Å². The van der Waals surface area contributed by atoms with Gasteiger partial charge in [-0.1, -0.05) is 26.2 Å². The Labute approximate surface area is 116 Å². The number of rotatable bonds is 3. The third kappa shape index (κ3) is 3.32. The number of nitrogens with zero attached hydrogens (tertiary/aromatic N) is 2. The largest absolute Gasteiger partial charge is 0.366 e. The molecule has 1 aliphatic carbocycles. The molecule has 0 saturated heterocycles. The molecule has 0 amide bonds. The molecule has 1 aromatic rings. The topological polar surface area (TPSA) is 37.8 Å². The first kappa shape index (κ1) is 13.1. The maximum absolute atomic E-state index is 5.82. The van der Waals surface area contributed by atoms with E-state index in [1.54, 1.807) is 6.20 Å². The first-order valence-electron chi connectivity index (χ1n) is 6.15. The molecule has 2 atom stereocenters. The quantitative estimate of drug-likeness (QED) is 0.846. The van der Waals surface area contributed by atoms with Crippen molar-refractivity contribution in [3.05, 3.63) is 16.0 Å². The lowest BCUT2D eigenvalue weighted by molar-refractivity contribution is 0.316. The molecule has 94 valence electrons. The molecule has 17 heavy (non-hydrogen) atoms. The molecule has 0 aliphatic heterocycles. The minimum Gasteiger partial charge on any atom is -0.366 e. The van der Waals surface area contributed by atoms with Gasteiger partial charge in [-0.2, -0.15) is 4.98 Å². The van der Waals surface area contributed by atoms with Gasteiger partial charge in [0.05, 0.1) is 4.47 Å². The minimum atomic E-state index is 0.291. The summed E-state index contributed by atoms with van der Waals surface area (Å²) in [5, 5.41) is 3.80. The van der Waals surface area contributed by atoms with Gasteiger partial charge in [-0.05, 0) is 46.3 Å². The van der Waals surface area contributed by atoms with Gasteiger partial charge in [0.1, 0.15) is 5.82 Å². The van der Waals surface area contributed by atoms with Gasteiger partial charge in [-0.15, -0.1) is 0 Å². The summed E-state index contributed by atoms with van der Waals surface area (Å²) in [5.74, 6) is 1.56. The zero-order valence-electron chi connectivity index (χ0n) is 9.92. The van der Waals surface area contributed by atoms with E-state index >= 15 is 0 Å². The molecular weight excluding hydrogens is 302 g/mol. The van der Waals surface area contributed by atoms with Crippen molar-refractivity contribution >= 4 is 33.3 Å². The van der Waals surface area contributed by atoms with Crippen LogP contribution in [0.1, 0.15) is 39.0 Å². The third-order valence-electron chi connectivity index (χ3n) is 3.47. The van der Waals surface area contributed by atoms with Crippen LogP contribution < -0.4 is 5.32 Å². The highest BCUT2D eigenvalue weighted by atomic mass is 79.9. The van der Waals surface area contributed by atoms with Crippen molar-refractivity contribution in [2.75, 3.05) is 5.32 Å². The number of halogens is 2. The highest BCUT2D eigenvalue weighted by Gasteiger charge is 2.24. The predicted octanol–water partition coefficient (Wildman–Crippen LogP) is 4.27. The van der Waals surface area contributed by atoms with Crippen molar-refractivity contribution < 1.29 is 0 Å². The number of hydrogen-bond acceptors (Lipinski definition) is 3. The van der Waals surface area contributed by atoms with E-state index in [2.05, 4.69) is 38.1 Å². The van der Waals surface area contributed by atoms with Crippen LogP contribution >= 0.6 is 27.5 Å². The molecule has 2 rings (SSSR count). The Kier molecular flexibility index (Phi) is 4.62. The predicted molar refractivity (Wildman–Crippen MR) is 74.4 cm³/mol. The van der Waals surface area contributed by atoms with Crippen LogP contribution in [0.15, 0.2) is 10.7 Å². The standard InChI is InChI=1S/C12H17BrClN3/c1-2-8-5-3-4-6-10(8)16-11-9(13)7-15-12(14)17-11/h7-8,10H,2-6H2,1H3,(H,15,16,17). The van der Waals surface area contributed by atoms with Gasteiger partial charge in [0.25, 0.3) is 0 Å². The molecule has 1 N–H and O–H groups in total. The third-order valence-corrected chi connectivity index (χ3v) is 4.23. The van der Waals surface area contributed by atoms with Gasteiger partial charge in [-0.25, -0.2) is 4.98 Å². The fraction of sp³-hybridized carbons (Fsp3) is 0.667. The number of nitrogens with one attached hydrogen (secondary N) is 1. The smallest absolute Gasteiger partial charge is 0.224 e. The first-order valence-corrected chi connectivity index (χ1v) is 7.32. The molecule has 0 radical (unpaired) electrons. The normalized spacial score (nSPS) is 24.6. The summed E-state index contributed by atoms with van der Waals surface area (Å²) in [4.78, 5) is 8.17. The van der Waals surface area contributed by atoms with Crippen molar-refractivity contribution in [2.24, 2.45) is 5.92 Å². The summed E-state index contributed by atoms with van der Waals surface area (Å²) in [6.45, 7) is 2.26. The van der Waals surface area contributed by atoms with E-state index in [4.69, 9.17) is 11.6 Å². The Hall–Kier alpha value is -0.350. The van der Waals surface area contributed by atoms with Crippen LogP contribution in [0.3, 0.4) is 0 Å². The molecule has 1 aliphatic rings. The fourth-order valence-corrected chi connectivity index (χ4v) is 2.95. The molecule has 5 heteroatoms. The summed E-state index contributed by atoms with van der Waals surface area (Å²) in [6.07, 6.45) is 8.08. The Morgan fingerprint density at radius 1 is 1.47 bits per heavy atom. The zero-order valence-corrected chi connectivity index (χ0v) is 12.3. The van der Waals surface area contributed by atoms with Crippen LogP contribution in [0, 0.1) is 5.92 Å². The lowest BCUT2D eigenvalue weighted by Gasteiger charge is -2.32. The molecule has 0 aromatic carbocycles. The second kappa shape index (κ2) is 6.01. The molecule has 2 unspecified atom stereocenters. The Morgan fingerprint density at radius 2 is 2.24 bits per heavy atom. The Balaban J connectivity index is 2.10. The monoisotopic (exact) mass is 317 g/mol. The summed E-state index contributed by atoms with van der Waals surface area (Å²) in [6, 6.07) is 0.510. The number of anilines is 1. The highest BCUT2D eigenvalue weighted by Crippen LogP contribution is 2.31. The maximum Gasteiger partial charge on any atom is 0.224 e. The van der Waals surface area contributed by atoms with E-state index in [-0.39, 0.29) is 0 Å². The van der Waals surface area contributed by atoms with Crippen LogP contribution in [0.25, 0.3) is 0 Å². The first-order chi connectivity index (χ1) is 8.20. The average molecular weight is 319 g/mol. The van der Waals surface area contributed by atoms with Gasteiger partial charge in [0.15, 0.2) is 0 Å². The molecule has 3 nitrogen and oxygen atoms in total. The Bertz CT molecular complexity index is 386. The van der Waals surface area contributed by atoms with E-state index in [1.165, 1.54) is 32.1 Å². The van der Waals surface area contributed by atoms with Crippen LogP contribution in [-0.4, -0.2) is 16.0 Å². The van der Waals surface area contributed by atoms with Crippen molar-refractivity contribution in [1.82, 2.24) is 9.97 Å². The van der Waals surface area contributed by atoms with Crippen molar-refractivity contribution in [3.8, 4) is 0 Å². The van der Waals surface area contributed by atoms with Crippen LogP contribution in [0.2, 0.25) is 5.28 Å². The molecule has 1 saturated carbocycles. The molecule has 1 aromatic heterocycles. The van der Waals surface area contributed by atoms with Gasteiger partial charge in [0, 0.05) is 12.2 Å². The lowest BCUT2D eigenvalue weighted by Crippen LogP contribution is -2.32. The summed E-state index contributed by atoms with van der Waals surface area (Å²) in [5.41, 5.74) is 0. The van der Waals surface area contributed by atoms with Gasteiger partial charge in [0.2, 0.25) is 5.28 Å². The second-order valence-electron chi connectivity index (χ2n) is 4.54. The molecular formula is C12H17BrClN3. The van der Waals surface area contributed by atoms with E-state index in [0.29, 0.717) is 11.3 Å². The minimum absolute atomic E-state index is 0.291. The molecule has 1 fully saturated rings. The SMILES string of the molecule is CCC1CCCCC1Nc1nc(Cl)ncc1Br. The van der Waals surface area contributed by atoms with E-state index in [0.717, 1.165) is 16.2 Å². The van der Waals surface area contributed by atoms with Gasteiger partial charge >= 0.3 is 0 Å². The molecule has 1 heterocycles. The fourth-order valence-electron chi connectivity index (χ4n) is 2.51. The Morgan fingerprint density at radius 3 is 3.00 bits per heavy atom. The molecule has 0 spiro atoms.